The van der Waals surface area contributed by atoms with E-state index in [1.165, 1.54) is 0 Å². The third-order valence-electron chi connectivity index (χ3n) is 3.49. The van der Waals surface area contributed by atoms with Crippen molar-refractivity contribution in [1.29, 1.82) is 0 Å². The molecule has 1 aliphatic rings. The molecule has 1 amide bonds. The Morgan fingerprint density at radius 1 is 1.43 bits per heavy atom. The number of aliphatic carboxylic acids is 1. The van der Waals surface area contributed by atoms with Gasteiger partial charge in [0.2, 0.25) is 0 Å². The first-order valence-electron chi connectivity index (χ1n) is 6.92. The second-order valence-corrected chi connectivity index (χ2v) is 6.11. The zero-order chi connectivity index (χ0) is 15.2. The Kier molecular flexibility index (Phi) is 5.61. The zero-order valence-electron chi connectivity index (χ0n) is 11.6. The first-order chi connectivity index (χ1) is 10.0. The maximum Gasteiger partial charge on any atom is 0.303 e. The highest BCUT2D eigenvalue weighted by atomic mass is 79.9. The molecule has 0 radical (unpaired) electrons. The second kappa shape index (κ2) is 7.45. The van der Waals surface area contributed by atoms with Gasteiger partial charge in [-0.25, -0.2) is 0 Å². The molecule has 2 rings (SSSR count). The SMILES string of the molecule is O=C(O)CC1CCCN(C(=O)COc2cccc(Br)c2)C1. The molecule has 6 heteroatoms. The van der Waals surface area contributed by atoms with E-state index in [-0.39, 0.29) is 24.9 Å². The van der Waals surface area contributed by atoms with Gasteiger partial charge in [-0.1, -0.05) is 22.0 Å². The van der Waals surface area contributed by atoms with Crippen molar-refractivity contribution >= 4 is 27.8 Å². The van der Waals surface area contributed by atoms with E-state index >= 15 is 0 Å². The van der Waals surface area contributed by atoms with Crippen LogP contribution in [-0.2, 0) is 9.59 Å². The maximum atomic E-state index is 12.1. The van der Waals surface area contributed by atoms with E-state index in [0.717, 1.165) is 17.3 Å². The van der Waals surface area contributed by atoms with Crippen LogP contribution in [0.1, 0.15) is 19.3 Å². The van der Waals surface area contributed by atoms with E-state index in [0.29, 0.717) is 18.8 Å². The number of ether oxygens (including phenoxy) is 1. The van der Waals surface area contributed by atoms with Gasteiger partial charge in [0.05, 0.1) is 0 Å². The highest BCUT2D eigenvalue weighted by molar-refractivity contribution is 9.10. The number of likely N-dealkylation sites (tertiary alicyclic amines) is 1. The molecule has 1 N–H and O–H groups in total. The topological polar surface area (TPSA) is 66.8 Å². The summed E-state index contributed by atoms with van der Waals surface area (Å²) < 4.78 is 6.38. The van der Waals surface area contributed by atoms with Crippen LogP contribution in [0.25, 0.3) is 0 Å². The van der Waals surface area contributed by atoms with Crippen molar-refractivity contribution in [2.24, 2.45) is 5.92 Å². The van der Waals surface area contributed by atoms with Gasteiger partial charge in [-0.2, -0.15) is 0 Å². The largest absolute Gasteiger partial charge is 0.484 e. The van der Waals surface area contributed by atoms with Crippen LogP contribution >= 0.6 is 15.9 Å². The molecule has 1 fully saturated rings. The molecule has 1 heterocycles. The maximum absolute atomic E-state index is 12.1. The fourth-order valence-electron chi connectivity index (χ4n) is 2.50. The van der Waals surface area contributed by atoms with E-state index < -0.39 is 5.97 Å². The molecule has 5 nitrogen and oxygen atoms in total. The minimum atomic E-state index is -0.806. The molecular formula is C15H18BrNO4. The van der Waals surface area contributed by atoms with Crippen molar-refractivity contribution < 1.29 is 19.4 Å². The summed E-state index contributed by atoms with van der Waals surface area (Å²) in [7, 11) is 0. The number of hydrogen-bond acceptors (Lipinski definition) is 3. The predicted octanol–water partition coefficient (Wildman–Crippen LogP) is 2.54. The van der Waals surface area contributed by atoms with Crippen LogP contribution < -0.4 is 4.74 Å². The Morgan fingerprint density at radius 3 is 2.95 bits per heavy atom. The lowest BCUT2D eigenvalue weighted by atomic mass is 9.95. The molecule has 21 heavy (non-hydrogen) atoms. The molecule has 1 saturated heterocycles. The number of carboxylic acid groups (broad SMARTS) is 1. The summed E-state index contributed by atoms with van der Waals surface area (Å²) in [6.45, 7) is 1.17. The highest BCUT2D eigenvalue weighted by Gasteiger charge is 2.25. The van der Waals surface area contributed by atoms with Gasteiger partial charge < -0.3 is 14.7 Å². The quantitative estimate of drug-likeness (QED) is 0.881. The summed E-state index contributed by atoms with van der Waals surface area (Å²) in [5.41, 5.74) is 0. The van der Waals surface area contributed by atoms with Crippen LogP contribution in [0, 0.1) is 5.92 Å². The average molecular weight is 356 g/mol. The molecule has 0 aromatic heterocycles. The number of carbonyl (C=O) groups is 2. The van der Waals surface area contributed by atoms with Gasteiger partial charge in [0, 0.05) is 24.0 Å². The molecule has 114 valence electrons. The second-order valence-electron chi connectivity index (χ2n) is 5.19. The van der Waals surface area contributed by atoms with Gasteiger partial charge >= 0.3 is 5.97 Å². The van der Waals surface area contributed by atoms with Crippen LogP contribution in [-0.4, -0.2) is 41.6 Å². The normalized spacial score (nSPS) is 18.3. The highest BCUT2D eigenvalue weighted by Crippen LogP contribution is 2.21. The number of halogens is 1. The molecule has 1 atom stereocenters. The lowest BCUT2D eigenvalue weighted by molar-refractivity contribution is -0.141. The van der Waals surface area contributed by atoms with Gasteiger partial charge in [0.15, 0.2) is 6.61 Å². The third kappa shape index (κ3) is 5.04. The summed E-state index contributed by atoms with van der Waals surface area (Å²) >= 11 is 3.35. The van der Waals surface area contributed by atoms with E-state index in [2.05, 4.69) is 15.9 Å². The Hall–Kier alpha value is -1.56. The van der Waals surface area contributed by atoms with Gasteiger partial charge in [0.1, 0.15) is 5.75 Å². The van der Waals surface area contributed by atoms with Gasteiger partial charge in [-0.05, 0) is 37.0 Å². The summed E-state index contributed by atoms with van der Waals surface area (Å²) in [5.74, 6) is -0.215. The lowest BCUT2D eigenvalue weighted by Crippen LogP contribution is -2.42. The third-order valence-corrected chi connectivity index (χ3v) is 3.99. The summed E-state index contributed by atoms with van der Waals surface area (Å²) in [4.78, 5) is 24.6. The van der Waals surface area contributed by atoms with E-state index in [1.807, 2.05) is 12.1 Å². The van der Waals surface area contributed by atoms with Crippen molar-refractivity contribution in [3.8, 4) is 5.75 Å². The first kappa shape index (κ1) is 15.8. The van der Waals surface area contributed by atoms with Crippen LogP contribution in [0.2, 0.25) is 0 Å². The molecule has 0 bridgehead atoms. The molecular weight excluding hydrogens is 338 g/mol. The molecule has 1 unspecified atom stereocenters. The lowest BCUT2D eigenvalue weighted by Gasteiger charge is -2.32. The first-order valence-corrected chi connectivity index (χ1v) is 7.72. The molecule has 1 aromatic carbocycles. The summed E-state index contributed by atoms with van der Waals surface area (Å²) in [5, 5.41) is 8.84. The minimum Gasteiger partial charge on any atom is -0.484 e. The number of benzene rings is 1. The van der Waals surface area contributed by atoms with Crippen molar-refractivity contribution in [1.82, 2.24) is 4.90 Å². The van der Waals surface area contributed by atoms with Crippen LogP contribution in [0.3, 0.4) is 0 Å². The Bertz CT molecular complexity index is 520. The van der Waals surface area contributed by atoms with Gasteiger partial charge in [0.25, 0.3) is 5.91 Å². The fourth-order valence-corrected chi connectivity index (χ4v) is 2.88. The number of hydrogen-bond donors (Lipinski definition) is 1. The minimum absolute atomic E-state index is 0.0176. The Balaban J connectivity index is 1.83. The Labute approximate surface area is 132 Å². The number of piperidine rings is 1. The Morgan fingerprint density at radius 2 is 2.24 bits per heavy atom. The fraction of sp³-hybridized carbons (Fsp3) is 0.467. The van der Waals surface area contributed by atoms with Crippen LogP contribution in [0.4, 0.5) is 0 Å². The summed E-state index contributed by atoms with van der Waals surface area (Å²) in [6.07, 6.45) is 1.83. The molecule has 0 spiro atoms. The van der Waals surface area contributed by atoms with E-state index in [4.69, 9.17) is 9.84 Å². The molecule has 0 aliphatic carbocycles. The molecule has 1 aromatic rings. The van der Waals surface area contributed by atoms with E-state index in [1.54, 1.807) is 17.0 Å². The van der Waals surface area contributed by atoms with Crippen LogP contribution in [0.5, 0.6) is 5.75 Å². The number of amides is 1. The van der Waals surface area contributed by atoms with E-state index in [9.17, 15) is 9.59 Å². The van der Waals surface area contributed by atoms with Crippen molar-refractivity contribution in [3.63, 3.8) is 0 Å². The van der Waals surface area contributed by atoms with Gasteiger partial charge in [-0.3, -0.25) is 9.59 Å². The zero-order valence-corrected chi connectivity index (χ0v) is 13.2. The molecule has 1 aliphatic heterocycles. The number of nitrogens with zero attached hydrogens (tertiary/aromatic N) is 1. The standard InChI is InChI=1S/C15H18BrNO4/c16-12-4-1-5-13(8-12)21-10-14(18)17-6-2-3-11(9-17)7-15(19)20/h1,4-5,8,11H,2-3,6-7,9-10H2,(H,19,20). The average Bonchev–Trinajstić information content (AvgIpc) is 2.44. The predicted molar refractivity (Wildman–Crippen MR) is 81.2 cm³/mol. The number of carboxylic acids is 1. The smallest absolute Gasteiger partial charge is 0.303 e. The summed E-state index contributed by atoms with van der Waals surface area (Å²) in [6, 6.07) is 7.32. The monoisotopic (exact) mass is 355 g/mol. The van der Waals surface area contributed by atoms with Crippen molar-refractivity contribution in [2.45, 2.75) is 19.3 Å². The van der Waals surface area contributed by atoms with Crippen LogP contribution in [0.15, 0.2) is 28.7 Å². The molecule has 0 saturated carbocycles. The number of rotatable bonds is 5. The van der Waals surface area contributed by atoms with Gasteiger partial charge in [-0.15, -0.1) is 0 Å². The number of carbonyl (C=O) groups excluding carboxylic acids is 1. The van der Waals surface area contributed by atoms with Crippen molar-refractivity contribution in [2.75, 3.05) is 19.7 Å². The van der Waals surface area contributed by atoms with Crippen molar-refractivity contribution in [3.05, 3.63) is 28.7 Å².